The molecule has 0 bridgehead atoms. The molecule has 1 aromatic carbocycles. The van der Waals surface area contributed by atoms with E-state index in [0.29, 0.717) is 0 Å². The number of unbranched alkanes of at least 4 members (excludes halogenated alkanes) is 6. The van der Waals surface area contributed by atoms with Gasteiger partial charge in [-0.25, -0.2) is 0 Å². The first-order valence-electron chi connectivity index (χ1n) is 7.95. The van der Waals surface area contributed by atoms with Crippen LogP contribution in [0.4, 0.5) is 0 Å². The van der Waals surface area contributed by atoms with Crippen LogP contribution in [0.3, 0.4) is 0 Å². The van der Waals surface area contributed by atoms with Crippen molar-refractivity contribution in [3.05, 3.63) is 35.9 Å². The lowest BCUT2D eigenvalue weighted by atomic mass is 10.0. The highest BCUT2D eigenvalue weighted by atomic mass is 15.3. The maximum atomic E-state index is 5.36. The minimum Gasteiger partial charge on any atom is -0.369 e. The van der Waals surface area contributed by atoms with Gasteiger partial charge in [-0.05, 0) is 18.4 Å². The molecule has 4 N–H and O–H groups in total. The van der Waals surface area contributed by atoms with E-state index in [0.717, 1.165) is 24.1 Å². The van der Waals surface area contributed by atoms with E-state index in [9.17, 15) is 0 Å². The lowest BCUT2D eigenvalue weighted by Gasteiger charge is -2.05. The molecule has 0 aliphatic carbocycles. The van der Waals surface area contributed by atoms with E-state index in [1.54, 1.807) is 0 Å². The van der Waals surface area contributed by atoms with Gasteiger partial charge in [0.15, 0.2) is 0 Å². The molecule has 0 aliphatic heterocycles. The minimum atomic E-state index is 0.00277. The normalized spacial score (nSPS) is 11.4. The van der Waals surface area contributed by atoms with Crippen molar-refractivity contribution in [1.82, 2.24) is 0 Å². The van der Waals surface area contributed by atoms with Crippen molar-refractivity contribution < 1.29 is 0 Å². The van der Waals surface area contributed by atoms with Gasteiger partial charge in [0.05, 0.1) is 5.71 Å². The van der Waals surface area contributed by atoms with Crippen molar-refractivity contribution in [2.24, 2.45) is 21.7 Å². The Morgan fingerprint density at radius 3 is 2.10 bits per heavy atom. The van der Waals surface area contributed by atoms with Crippen molar-refractivity contribution in [2.75, 3.05) is 0 Å². The number of hydrogen-bond acceptors (Lipinski definition) is 2. The number of nitrogens with two attached hydrogens (primary N) is 2. The van der Waals surface area contributed by atoms with Crippen LogP contribution in [0, 0.1) is 0 Å². The third-order valence-electron chi connectivity index (χ3n) is 3.41. The monoisotopic (exact) mass is 288 g/mol. The first-order valence-corrected chi connectivity index (χ1v) is 7.95. The van der Waals surface area contributed by atoms with Crippen LogP contribution < -0.4 is 11.5 Å². The van der Waals surface area contributed by atoms with Gasteiger partial charge < -0.3 is 11.5 Å². The largest absolute Gasteiger partial charge is 0.369 e. The van der Waals surface area contributed by atoms with Gasteiger partial charge in [-0.1, -0.05) is 75.8 Å². The zero-order chi connectivity index (χ0) is 15.3. The van der Waals surface area contributed by atoms with Gasteiger partial charge in [-0.3, -0.25) is 0 Å². The molecule has 0 aromatic heterocycles. The van der Waals surface area contributed by atoms with E-state index in [1.165, 1.54) is 38.5 Å². The number of guanidine groups is 1. The van der Waals surface area contributed by atoms with E-state index in [2.05, 4.69) is 17.1 Å². The molecule has 1 rings (SSSR count). The van der Waals surface area contributed by atoms with Gasteiger partial charge in [0.2, 0.25) is 5.96 Å². The average molecular weight is 288 g/mol. The predicted octanol–water partition coefficient (Wildman–Crippen LogP) is 3.80. The summed E-state index contributed by atoms with van der Waals surface area (Å²) < 4.78 is 0. The Kier molecular flexibility index (Phi) is 8.93. The zero-order valence-electron chi connectivity index (χ0n) is 13.1. The molecule has 0 amide bonds. The summed E-state index contributed by atoms with van der Waals surface area (Å²) in [5, 5.41) is 8.00. The first kappa shape index (κ1) is 17.2. The molecule has 21 heavy (non-hydrogen) atoms. The smallest absolute Gasteiger partial charge is 0.211 e. The molecule has 0 unspecified atom stereocenters. The fourth-order valence-electron chi connectivity index (χ4n) is 2.25. The van der Waals surface area contributed by atoms with Crippen molar-refractivity contribution in [2.45, 2.75) is 58.3 Å². The SMILES string of the molecule is CCCCCCCCC/C(=N/N=C(N)N)c1ccccc1. The zero-order valence-corrected chi connectivity index (χ0v) is 13.1. The van der Waals surface area contributed by atoms with Gasteiger partial charge in [0.25, 0.3) is 0 Å². The number of nitrogens with zero attached hydrogens (tertiary/aromatic N) is 2. The third kappa shape index (κ3) is 8.12. The fraction of sp³-hybridized carbons (Fsp3) is 0.529. The summed E-state index contributed by atoms with van der Waals surface area (Å²) in [4.78, 5) is 0. The predicted molar refractivity (Wildman–Crippen MR) is 91.4 cm³/mol. The van der Waals surface area contributed by atoms with E-state index in [4.69, 9.17) is 11.5 Å². The van der Waals surface area contributed by atoms with E-state index < -0.39 is 0 Å². The number of benzene rings is 1. The topological polar surface area (TPSA) is 76.8 Å². The van der Waals surface area contributed by atoms with Gasteiger partial charge in [0.1, 0.15) is 0 Å². The summed E-state index contributed by atoms with van der Waals surface area (Å²) in [6.45, 7) is 2.24. The van der Waals surface area contributed by atoms with Gasteiger partial charge in [0, 0.05) is 0 Å². The van der Waals surface area contributed by atoms with E-state index in [-0.39, 0.29) is 5.96 Å². The van der Waals surface area contributed by atoms with Crippen LogP contribution in [-0.2, 0) is 0 Å². The van der Waals surface area contributed by atoms with Crippen molar-refractivity contribution in [1.29, 1.82) is 0 Å². The second-order valence-electron chi connectivity index (χ2n) is 5.31. The summed E-state index contributed by atoms with van der Waals surface area (Å²) in [6, 6.07) is 10.1. The van der Waals surface area contributed by atoms with Crippen molar-refractivity contribution in [3.8, 4) is 0 Å². The Bertz CT molecular complexity index is 433. The molecule has 0 atom stereocenters. The van der Waals surface area contributed by atoms with Crippen LogP contribution >= 0.6 is 0 Å². The summed E-state index contributed by atoms with van der Waals surface area (Å²) in [7, 11) is 0. The highest BCUT2D eigenvalue weighted by Crippen LogP contribution is 2.12. The Morgan fingerprint density at radius 2 is 1.48 bits per heavy atom. The molecule has 1 aromatic rings. The summed E-state index contributed by atoms with van der Waals surface area (Å²) in [5.74, 6) is 0.00277. The Morgan fingerprint density at radius 1 is 0.857 bits per heavy atom. The molecule has 0 spiro atoms. The summed E-state index contributed by atoms with van der Waals surface area (Å²) in [6.07, 6.45) is 9.89. The first-order chi connectivity index (χ1) is 10.2. The fourth-order valence-corrected chi connectivity index (χ4v) is 2.25. The quantitative estimate of drug-likeness (QED) is 0.297. The maximum absolute atomic E-state index is 5.36. The molecule has 116 valence electrons. The molecule has 0 saturated carbocycles. The molecule has 0 aliphatic rings. The minimum absolute atomic E-state index is 0.00277. The van der Waals surface area contributed by atoms with Gasteiger partial charge in [-0.15, -0.1) is 5.10 Å². The lowest BCUT2D eigenvalue weighted by Crippen LogP contribution is -2.22. The Labute approximate surface area is 128 Å². The molecule has 0 heterocycles. The van der Waals surface area contributed by atoms with Crippen LogP contribution in [0.2, 0.25) is 0 Å². The summed E-state index contributed by atoms with van der Waals surface area (Å²) >= 11 is 0. The Hall–Kier alpha value is -1.84. The van der Waals surface area contributed by atoms with Gasteiger partial charge in [-0.2, -0.15) is 5.10 Å². The number of hydrogen-bond donors (Lipinski definition) is 2. The molecular formula is C17H28N4. The highest BCUT2D eigenvalue weighted by molar-refractivity contribution is 6.00. The molecule has 0 fully saturated rings. The molecule has 4 heteroatoms. The van der Waals surface area contributed by atoms with Crippen LogP contribution in [0.15, 0.2) is 40.5 Å². The number of rotatable bonds is 10. The lowest BCUT2D eigenvalue weighted by molar-refractivity contribution is 0.595. The van der Waals surface area contributed by atoms with Crippen molar-refractivity contribution in [3.63, 3.8) is 0 Å². The molecule has 4 nitrogen and oxygen atoms in total. The van der Waals surface area contributed by atoms with Crippen LogP contribution in [0.25, 0.3) is 0 Å². The van der Waals surface area contributed by atoms with E-state index in [1.807, 2.05) is 30.3 Å². The average Bonchev–Trinajstić information content (AvgIpc) is 2.50. The highest BCUT2D eigenvalue weighted by Gasteiger charge is 2.03. The van der Waals surface area contributed by atoms with E-state index >= 15 is 0 Å². The standard InChI is InChI=1S/C17H28N4/c1-2-3-4-5-6-7-11-14-16(20-21-17(18)19)15-12-9-8-10-13-15/h8-10,12-13H,2-7,11,14H2,1H3,(H4,18,19,21)/b20-16-. The molecule has 0 saturated heterocycles. The van der Waals surface area contributed by atoms with Crippen LogP contribution in [0.1, 0.15) is 63.9 Å². The second kappa shape index (κ2) is 10.9. The summed E-state index contributed by atoms with van der Waals surface area (Å²) in [5.41, 5.74) is 12.8. The maximum Gasteiger partial charge on any atom is 0.211 e. The molecular weight excluding hydrogens is 260 g/mol. The second-order valence-corrected chi connectivity index (χ2v) is 5.31. The van der Waals surface area contributed by atoms with Gasteiger partial charge >= 0.3 is 0 Å². The van der Waals surface area contributed by atoms with Crippen LogP contribution in [-0.4, -0.2) is 11.7 Å². The van der Waals surface area contributed by atoms with Crippen LogP contribution in [0.5, 0.6) is 0 Å². The Balaban J connectivity index is 2.44. The molecule has 0 radical (unpaired) electrons. The third-order valence-corrected chi connectivity index (χ3v) is 3.41. The van der Waals surface area contributed by atoms with Crippen molar-refractivity contribution >= 4 is 11.7 Å².